The Labute approximate surface area is 584 Å². The minimum absolute atomic E-state index is 0.151. The molecule has 0 rings (SSSR count). The van der Waals surface area contributed by atoms with Gasteiger partial charge in [0.15, 0.2) is 12.4 Å². The minimum atomic E-state index is -1.62. The molecule has 0 aromatic carbocycles. The van der Waals surface area contributed by atoms with Crippen molar-refractivity contribution in [2.24, 2.45) is 0 Å². The Bertz CT molecular complexity index is 1730. The maximum absolute atomic E-state index is 13.0. The van der Waals surface area contributed by atoms with Gasteiger partial charge in [-0.15, -0.1) is 0 Å². The molecule has 9 nitrogen and oxygen atoms in total. The van der Waals surface area contributed by atoms with E-state index in [0.717, 1.165) is 70.6 Å². The first-order valence-electron chi connectivity index (χ1n) is 40.9. The van der Waals surface area contributed by atoms with Crippen LogP contribution in [0.5, 0.6) is 0 Å². The predicted molar refractivity (Wildman–Crippen MR) is 403 cm³/mol. The Morgan fingerprint density at radius 3 is 0.904 bits per heavy atom. The van der Waals surface area contributed by atoms with Gasteiger partial charge in [0.05, 0.1) is 40.3 Å². The van der Waals surface area contributed by atoms with Crippen LogP contribution in [-0.4, -0.2) is 82.3 Å². The number of esters is 2. The molecule has 0 N–H and O–H groups in total. The SMILES string of the molecule is CC/C=C\C/C=C\C/C=C\C/C=C\C/C=C\CCCCCCCCCCCCCCCCCCCCCCCCCC(=O)OC(COC(=O)CCCCCCCCCCCCCCCCCCCCCCCCCCCCCCCC)COC(OCC[N+](C)(C)C)C(=O)[O-]. The van der Waals surface area contributed by atoms with E-state index in [2.05, 4.69) is 74.6 Å². The second kappa shape index (κ2) is 75.8. The van der Waals surface area contributed by atoms with Crippen LogP contribution in [0, 0.1) is 0 Å². The number of carbonyl (C=O) groups excluding carboxylic acids is 3. The molecule has 0 aromatic heterocycles. The summed E-state index contributed by atoms with van der Waals surface area (Å²) in [4.78, 5) is 37.6. The largest absolute Gasteiger partial charge is 0.545 e. The number of hydrogen-bond acceptors (Lipinski definition) is 8. The van der Waals surface area contributed by atoms with Crippen LogP contribution in [0.2, 0.25) is 0 Å². The Hall–Kier alpha value is -3.01. The van der Waals surface area contributed by atoms with Gasteiger partial charge in [-0.1, -0.05) is 396 Å². The van der Waals surface area contributed by atoms with Crippen LogP contribution in [-0.2, 0) is 33.3 Å². The summed E-state index contributed by atoms with van der Waals surface area (Å²) in [5.41, 5.74) is 0. The number of ether oxygens (including phenoxy) is 4. The number of unbranched alkanes of at least 4 members (excludes halogenated alkanes) is 52. The van der Waals surface area contributed by atoms with Gasteiger partial charge in [0.1, 0.15) is 13.2 Å². The van der Waals surface area contributed by atoms with E-state index in [1.807, 2.05) is 21.1 Å². The molecule has 0 aromatic rings. The smallest absolute Gasteiger partial charge is 0.306 e. The summed E-state index contributed by atoms with van der Waals surface area (Å²) < 4.78 is 22.9. The highest BCUT2D eigenvalue weighted by molar-refractivity contribution is 5.70. The average molecular weight is 1320 g/mol. The zero-order valence-electron chi connectivity index (χ0n) is 63.1. The summed E-state index contributed by atoms with van der Waals surface area (Å²) in [7, 11) is 5.95. The fraction of sp³-hybridized carbons (Fsp3) is 0.847. The molecule has 2 unspecified atom stereocenters. The molecule has 0 aliphatic rings. The van der Waals surface area contributed by atoms with E-state index in [9.17, 15) is 19.5 Å². The lowest BCUT2D eigenvalue weighted by atomic mass is 10.0. The average Bonchev–Trinajstić information content (AvgIpc) is 3.76. The number of hydrogen-bond donors (Lipinski definition) is 0. The van der Waals surface area contributed by atoms with Crippen LogP contribution in [0.15, 0.2) is 60.8 Å². The lowest BCUT2D eigenvalue weighted by Crippen LogP contribution is -2.44. The van der Waals surface area contributed by atoms with E-state index in [4.69, 9.17) is 18.9 Å². The summed E-state index contributed by atoms with van der Waals surface area (Å²) in [6.07, 6.45) is 97.9. The number of nitrogens with zero attached hydrogens (tertiary/aromatic N) is 1. The van der Waals surface area contributed by atoms with Gasteiger partial charge in [-0.3, -0.25) is 9.59 Å². The third kappa shape index (κ3) is 76.4. The predicted octanol–water partition coefficient (Wildman–Crippen LogP) is 24.9. The van der Waals surface area contributed by atoms with Crippen molar-refractivity contribution in [3.05, 3.63) is 60.8 Å². The van der Waals surface area contributed by atoms with Crippen LogP contribution in [0.25, 0.3) is 0 Å². The highest BCUT2D eigenvalue weighted by atomic mass is 16.7. The second-order valence-electron chi connectivity index (χ2n) is 29.0. The number of quaternary nitrogens is 1. The summed E-state index contributed by atoms with van der Waals surface area (Å²) in [6.45, 7) is 4.71. The third-order valence-corrected chi connectivity index (χ3v) is 18.5. The second-order valence-corrected chi connectivity index (χ2v) is 29.0. The molecule has 550 valence electrons. The fourth-order valence-electron chi connectivity index (χ4n) is 12.3. The van der Waals surface area contributed by atoms with Crippen molar-refractivity contribution < 1.29 is 42.9 Å². The number of carboxylic acid groups (broad SMARTS) is 1. The summed E-state index contributed by atoms with van der Waals surface area (Å²) in [5.74, 6) is -2.25. The summed E-state index contributed by atoms with van der Waals surface area (Å²) in [5, 5.41) is 11.9. The van der Waals surface area contributed by atoms with Gasteiger partial charge < -0.3 is 33.3 Å². The molecule has 0 spiro atoms. The van der Waals surface area contributed by atoms with Gasteiger partial charge in [0.25, 0.3) is 0 Å². The molecule has 0 fully saturated rings. The first kappa shape index (κ1) is 91.0. The molecule has 0 bridgehead atoms. The molecule has 0 radical (unpaired) electrons. The van der Waals surface area contributed by atoms with E-state index in [0.29, 0.717) is 17.4 Å². The lowest BCUT2D eigenvalue weighted by molar-refractivity contribution is -0.870. The molecule has 0 saturated carbocycles. The molecule has 0 aliphatic heterocycles. The van der Waals surface area contributed by atoms with Crippen LogP contribution >= 0.6 is 0 Å². The molecular formula is C85H157NO8. The van der Waals surface area contributed by atoms with Gasteiger partial charge in [-0.25, -0.2) is 0 Å². The first-order valence-corrected chi connectivity index (χ1v) is 40.9. The normalized spacial score (nSPS) is 12.9. The van der Waals surface area contributed by atoms with Crippen LogP contribution in [0.4, 0.5) is 0 Å². The van der Waals surface area contributed by atoms with Crippen LogP contribution < -0.4 is 5.11 Å². The highest BCUT2D eigenvalue weighted by Crippen LogP contribution is 2.20. The topological polar surface area (TPSA) is 111 Å². The minimum Gasteiger partial charge on any atom is -0.545 e. The quantitative estimate of drug-likeness (QED) is 0.0195. The van der Waals surface area contributed by atoms with Gasteiger partial charge in [-0.05, 0) is 57.8 Å². The number of rotatable bonds is 77. The molecule has 0 saturated heterocycles. The van der Waals surface area contributed by atoms with Crippen molar-refractivity contribution in [2.75, 3.05) is 47.5 Å². The number of carbonyl (C=O) groups is 3. The summed E-state index contributed by atoms with van der Waals surface area (Å²) in [6, 6.07) is 0. The number of carboxylic acids is 1. The molecular weight excluding hydrogens is 1160 g/mol. The molecule has 0 heterocycles. The Balaban J connectivity index is 3.95. The molecule has 0 amide bonds. The number of allylic oxidation sites excluding steroid dienone is 10. The maximum Gasteiger partial charge on any atom is 0.306 e. The first-order chi connectivity index (χ1) is 46.1. The highest BCUT2D eigenvalue weighted by Gasteiger charge is 2.22. The maximum atomic E-state index is 13.0. The van der Waals surface area contributed by atoms with Gasteiger partial charge in [0, 0.05) is 12.8 Å². The Kier molecular flexibility index (Phi) is 73.3. The van der Waals surface area contributed by atoms with Crippen molar-refractivity contribution in [3.8, 4) is 0 Å². The van der Waals surface area contributed by atoms with E-state index >= 15 is 0 Å². The zero-order chi connectivity index (χ0) is 68.2. The number of likely N-dealkylation sites (N-methyl/N-ethyl adjacent to an activating group) is 1. The van der Waals surface area contributed by atoms with Crippen LogP contribution in [0.1, 0.15) is 406 Å². The van der Waals surface area contributed by atoms with E-state index < -0.39 is 24.3 Å². The van der Waals surface area contributed by atoms with Gasteiger partial charge >= 0.3 is 11.9 Å². The van der Waals surface area contributed by atoms with Crippen LogP contribution in [0.3, 0.4) is 0 Å². The van der Waals surface area contributed by atoms with Crippen molar-refractivity contribution >= 4 is 17.9 Å². The molecule has 2 atom stereocenters. The standard InChI is InChI=1S/C85H157NO8/c1-6-8-10-12-14-16-18-20-22-24-26-28-30-32-34-36-38-39-40-41-42-43-44-45-46-48-50-52-54-56-58-60-62-64-66-68-70-72-74-76-83(88)94-81(80-93-85(84(89)90)91-78-77-86(3,4)5)79-92-82(87)75-73-71-69-67-65-63-61-59-57-55-53-51-49-47-37-35-33-31-29-27-25-23-21-19-17-15-13-11-9-7-2/h8,10,14,16,20,22,26,28,32,34,81,85H,6-7,9,11-13,15,17-19,21,23-25,27,29-31,33,35-80H2,1-5H3/b10-8-,16-14-,22-20-,28-26-,34-32-. The lowest BCUT2D eigenvalue weighted by Gasteiger charge is -2.26. The van der Waals surface area contributed by atoms with Crippen molar-refractivity contribution in [1.29, 1.82) is 0 Å². The van der Waals surface area contributed by atoms with Gasteiger partial charge in [0.2, 0.25) is 0 Å². The van der Waals surface area contributed by atoms with Gasteiger partial charge in [-0.2, -0.15) is 0 Å². The Morgan fingerprint density at radius 2 is 0.606 bits per heavy atom. The number of aliphatic carboxylic acids is 1. The van der Waals surface area contributed by atoms with E-state index in [1.165, 1.54) is 308 Å². The fourth-order valence-corrected chi connectivity index (χ4v) is 12.3. The van der Waals surface area contributed by atoms with E-state index in [1.54, 1.807) is 0 Å². The third-order valence-electron chi connectivity index (χ3n) is 18.5. The van der Waals surface area contributed by atoms with Crippen molar-refractivity contribution in [3.63, 3.8) is 0 Å². The summed E-state index contributed by atoms with van der Waals surface area (Å²) >= 11 is 0. The zero-order valence-corrected chi connectivity index (χ0v) is 63.1. The molecule has 9 heteroatoms. The van der Waals surface area contributed by atoms with E-state index in [-0.39, 0.29) is 32.2 Å². The molecule has 94 heavy (non-hydrogen) atoms. The molecule has 0 aliphatic carbocycles. The monoisotopic (exact) mass is 1320 g/mol. The van der Waals surface area contributed by atoms with Crippen molar-refractivity contribution in [1.82, 2.24) is 0 Å². The van der Waals surface area contributed by atoms with Crippen molar-refractivity contribution in [2.45, 2.75) is 418 Å². The Morgan fingerprint density at radius 1 is 0.330 bits per heavy atom.